The lowest BCUT2D eigenvalue weighted by Crippen LogP contribution is -2.48. The fourth-order valence-electron chi connectivity index (χ4n) is 3.90. The van der Waals surface area contributed by atoms with E-state index in [0.29, 0.717) is 30.2 Å². The first-order valence-electron chi connectivity index (χ1n) is 7.93. The number of rotatable bonds is 4. The van der Waals surface area contributed by atoms with Crippen LogP contribution >= 0.6 is 0 Å². The molecule has 2 aliphatic carbocycles. The van der Waals surface area contributed by atoms with Crippen LogP contribution in [0.15, 0.2) is 24.3 Å². The van der Waals surface area contributed by atoms with Gasteiger partial charge >= 0.3 is 0 Å². The first-order valence-corrected chi connectivity index (χ1v) is 7.93. The van der Waals surface area contributed by atoms with Crippen LogP contribution in [0.25, 0.3) is 0 Å². The maximum Gasteiger partial charge on any atom is 0.226 e. The van der Waals surface area contributed by atoms with Gasteiger partial charge in [0.2, 0.25) is 5.91 Å². The van der Waals surface area contributed by atoms with E-state index >= 15 is 0 Å². The van der Waals surface area contributed by atoms with Gasteiger partial charge in [-0.3, -0.25) is 4.79 Å². The molecule has 3 nitrogen and oxygen atoms in total. The summed E-state index contributed by atoms with van der Waals surface area (Å²) in [7, 11) is 0. The average Bonchev–Trinajstić information content (AvgIpc) is 3.16. The first kappa shape index (κ1) is 13.1. The number of carbonyl (C=O) groups is 1. The lowest BCUT2D eigenvalue weighted by atomic mass is 9.99. The Morgan fingerprint density at radius 1 is 1.19 bits per heavy atom. The summed E-state index contributed by atoms with van der Waals surface area (Å²) in [6.07, 6.45) is 5.60. The van der Waals surface area contributed by atoms with Crippen LogP contribution in [0, 0.1) is 17.7 Å². The Morgan fingerprint density at radius 2 is 1.95 bits per heavy atom. The molecule has 3 aliphatic rings. The zero-order valence-corrected chi connectivity index (χ0v) is 12.0. The van der Waals surface area contributed by atoms with Gasteiger partial charge in [-0.2, -0.15) is 0 Å². The maximum absolute atomic E-state index is 12.9. The molecular formula is C17H20FNO2. The van der Waals surface area contributed by atoms with Crippen molar-refractivity contribution in [2.45, 2.75) is 44.2 Å². The highest BCUT2D eigenvalue weighted by Crippen LogP contribution is 2.45. The molecule has 3 atom stereocenters. The monoisotopic (exact) mass is 289 g/mol. The quantitative estimate of drug-likeness (QED) is 0.853. The molecule has 21 heavy (non-hydrogen) atoms. The third kappa shape index (κ3) is 2.41. The second-order valence-electron chi connectivity index (χ2n) is 6.58. The highest BCUT2D eigenvalue weighted by Gasteiger charge is 2.50. The molecule has 0 radical (unpaired) electrons. The second-order valence-corrected chi connectivity index (χ2v) is 6.58. The fourth-order valence-corrected chi connectivity index (χ4v) is 3.90. The number of halogens is 1. The van der Waals surface area contributed by atoms with Crippen molar-refractivity contribution in [2.24, 2.45) is 11.8 Å². The number of likely N-dealkylation sites (tertiary alicyclic amines) is 1. The molecule has 4 rings (SSSR count). The Morgan fingerprint density at radius 3 is 2.67 bits per heavy atom. The number of ether oxygens (including phenoxy) is 1. The minimum Gasteiger partial charge on any atom is -0.491 e. The molecule has 1 saturated heterocycles. The molecule has 1 aromatic carbocycles. The Hall–Kier alpha value is -1.58. The molecule has 1 aliphatic heterocycles. The van der Waals surface area contributed by atoms with Gasteiger partial charge in [0.05, 0.1) is 6.04 Å². The molecular weight excluding hydrogens is 269 g/mol. The van der Waals surface area contributed by atoms with Crippen molar-refractivity contribution in [3.8, 4) is 5.75 Å². The number of piperidine rings is 1. The summed E-state index contributed by atoms with van der Waals surface area (Å²) in [5, 5.41) is 0. The second kappa shape index (κ2) is 5.00. The van der Waals surface area contributed by atoms with E-state index in [-0.39, 0.29) is 17.8 Å². The van der Waals surface area contributed by atoms with E-state index in [1.165, 1.54) is 18.6 Å². The van der Waals surface area contributed by atoms with Gasteiger partial charge in [0.1, 0.15) is 18.2 Å². The molecule has 0 unspecified atom stereocenters. The van der Waals surface area contributed by atoms with E-state index in [1.807, 2.05) is 0 Å². The van der Waals surface area contributed by atoms with Crippen molar-refractivity contribution in [3.05, 3.63) is 30.1 Å². The predicted octanol–water partition coefficient (Wildman–Crippen LogP) is 2.99. The zero-order valence-electron chi connectivity index (χ0n) is 12.0. The highest BCUT2D eigenvalue weighted by atomic mass is 19.1. The predicted molar refractivity (Wildman–Crippen MR) is 76.4 cm³/mol. The normalized spacial score (nSPS) is 30.7. The van der Waals surface area contributed by atoms with E-state index < -0.39 is 0 Å². The molecule has 0 spiro atoms. The van der Waals surface area contributed by atoms with Crippen molar-refractivity contribution < 1.29 is 13.9 Å². The van der Waals surface area contributed by atoms with Gasteiger partial charge in [-0.15, -0.1) is 0 Å². The summed E-state index contributed by atoms with van der Waals surface area (Å²) in [6.45, 7) is 0.533. The third-order valence-corrected chi connectivity index (χ3v) is 5.16. The molecule has 4 heteroatoms. The van der Waals surface area contributed by atoms with Crippen LogP contribution in [0.3, 0.4) is 0 Å². The molecule has 112 valence electrons. The lowest BCUT2D eigenvalue weighted by molar-refractivity contribution is -0.137. The van der Waals surface area contributed by atoms with Crippen LogP contribution < -0.4 is 4.74 Å². The number of fused-ring (bicyclic) bond motifs is 2. The Labute approximate surface area is 124 Å². The van der Waals surface area contributed by atoms with Crippen molar-refractivity contribution in [3.63, 3.8) is 0 Å². The number of hydrogen-bond donors (Lipinski definition) is 0. The lowest BCUT2D eigenvalue weighted by Gasteiger charge is -2.35. The van der Waals surface area contributed by atoms with E-state index in [2.05, 4.69) is 4.90 Å². The summed E-state index contributed by atoms with van der Waals surface area (Å²) in [4.78, 5) is 14.6. The Bertz CT molecular complexity index is 540. The van der Waals surface area contributed by atoms with E-state index in [9.17, 15) is 9.18 Å². The summed E-state index contributed by atoms with van der Waals surface area (Å²) < 4.78 is 18.7. The Balaban J connectivity index is 1.44. The largest absolute Gasteiger partial charge is 0.491 e. The van der Waals surface area contributed by atoms with Gasteiger partial charge in [0, 0.05) is 12.0 Å². The highest BCUT2D eigenvalue weighted by molar-refractivity contribution is 5.82. The molecule has 2 bridgehead atoms. The van der Waals surface area contributed by atoms with Gasteiger partial charge < -0.3 is 9.64 Å². The van der Waals surface area contributed by atoms with Crippen LogP contribution in [0.1, 0.15) is 32.1 Å². The topological polar surface area (TPSA) is 29.5 Å². The molecule has 1 heterocycles. The number of carbonyl (C=O) groups excluding carboxylic acids is 1. The zero-order chi connectivity index (χ0) is 14.4. The van der Waals surface area contributed by atoms with Crippen LogP contribution in [0.5, 0.6) is 5.75 Å². The molecule has 0 N–H and O–H groups in total. The third-order valence-electron chi connectivity index (χ3n) is 5.16. The molecule has 2 saturated carbocycles. The SMILES string of the molecule is O=C(C1CC1)N1[C@H]2CC[C@@H](C2)[C@H]1COc1ccc(F)cc1. The van der Waals surface area contributed by atoms with Gasteiger partial charge in [0.15, 0.2) is 0 Å². The summed E-state index contributed by atoms with van der Waals surface area (Å²) in [5.41, 5.74) is 0. The Kier molecular flexibility index (Phi) is 3.12. The first-order chi connectivity index (χ1) is 10.2. The molecule has 1 amide bonds. The molecule has 0 aromatic heterocycles. The summed E-state index contributed by atoms with van der Waals surface area (Å²) >= 11 is 0. The standard InChI is InChI=1S/C17H20FNO2/c18-13-4-7-15(8-5-13)21-10-16-12-3-6-14(9-12)19(16)17(20)11-1-2-11/h4-5,7-8,11-12,14,16H,1-3,6,9-10H2/t12-,14-,16+/m0/s1. The van der Waals surface area contributed by atoms with Gasteiger partial charge in [-0.25, -0.2) is 4.39 Å². The fraction of sp³-hybridized carbons (Fsp3) is 0.588. The maximum atomic E-state index is 12.9. The van der Waals surface area contributed by atoms with Crippen molar-refractivity contribution >= 4 is 5.91 Å². The van der Waals surface area contributed by atoms with E-state index in [1.54, 1.807) is 12.1 Å². The van der Waals surface area contributed by atoms with Crippen LogP contribution in [0.2, 0.25) is 0 Å². The van der Waals surface area contributed by atoms with Gasteiger partial charge in [-0.05, 0) is 62.3 Å². The minimum absolute atomic E-state index is 0.210. The van der Waals surface area contributed by atoms with Crippen LogP contribution in [0.4, 0.5) is 4.39 Å². The number of benzene rings is 1. The van der Waals surface area contributed by atoms with Gasteiger partial charge in [-0.1, -0.05) is 0 Å². The number of nitrogens with zero attached hydrogens (tertiary/aromatic N) is 1. The van der Waals surface area contributed by atoms with E-state index in [4.69, 9.17) is 4.74 Å². The number of hydrogen-bond acceptors (Lipinski definition) is 2. The van der Waals surface area contributed by atoms with Crippen LogP contribution in [-0.2, 0) is 4.79 Å². The summed E-state index contributed by atoms with van der Waals surface area (Å²) in [6, 6.07) is 6.75. The van der Waals surface area contributed by atoms with E-state index in [0.717, 1.165) is 25.7 Å². The summed E-state index contributed by atoms with van der Waals surface area (Å²) in [5.74, 6) is 1.62. The van der Waals surface area contributed by atoms with Crippen molar-refractivity contribution in [2.75, 3.05) is 6.61 Å². The van der Waals surface area contributed by atoms with Crippen LogP contribution in [-0.4, -0.2) is 29.5 Å². The average molecular weight is 289 g/mol. The minimum atomic E-state index is -0.257. The van der Waals surface area contributed by atoms with Crippen molar-refractivity contribution in [1.29, 1.82) is 0 Å². The molecule has 1 aromatic rings. The smallest absolute Gasteiger partial charge is 0.226 e. The number of amides is 1. The molecule has 3 fully saturated rings. The van der Waals surface area contributed by atoms with Crippen molar-refractivity contribution in [1.82, 2.24) is 4.90 Å². The van der Waals surface area contributed by atoms with Gasteiger partial charge in [0.25, 0.3) is 0 Å².